The number of aromatic nitrogens is 3. The molecule has 7 heteroatoms. The first-order valence-electron chi connectivity index (χ1n) is 4.82. The molecule has 0 aliphatic heterocycles. The Kier molecular flexibility index (Phi) is 4.72. The van der Waals surface area contributed by atoms with Crippen LogP contribution in [0.25, 0.3) is 0 Å². The first kappa shape index (κ1) is 11.6. The van der Waals surface area contributed by atoms with E-state index in [4.69, 9.17) is 11.5 Å². The van der Waals surface area contributed by atoms with Gasteiger partial charge in [-0.05, 0) is 13.0 Å². The van der Waals surface area contributed by atoms with Crippen LogP contribution >= 0.6 is 0 Å². The molecule has 0 aromatic carbocycles. The Bertz CT molecular complexity index is 310. The Morgan fingerprint density at radius 2 is 2.33 bits per heavy atom. The third-order valence-corrected chi connectivity index (χ3v) is 1.83. The molecule has 15 heavy (non-hydrogen) atoms. The molecule has 84 valence electrons. The molecule has 0 unspecified atom stereocenters. The molecule has 0 bridgehead atoms. The number of aryl methyl sites for hydroxylation is 1. The van der Waals surface area contributed by atoms with Crippen LogP contribution in [0.2, 0.25) is 0 Å². The maximum Gasteiger partial charge on any atom is 0.234 e. The number of nitrogens with one attached hydrogen (secondary N) is 1. The van der Waals surface area contributed by atoms with Crippen molar-refractivity contribution in [1.82, 2.24) is 20.3 Å². The van der Waals surface area contributed by atoms with E-state index < -0.39 is 0 Å². The van der Waals surface area contributed by atoms with Gasteiger partial charge in [0, 0.05) is 6.54 Å². The van der Waals surface area contributed by atoms with Crippen molar-refractivity contribution in [2.24, 2.45) is 11.5 Å². The number of carbonyl (C=O) groups excluding carboxylic acids is 1. The first-order valence-corrected chi connectivity index (χ1v) is 4.82. The smallest absolute Gasteiger partial charge is 0.234 e. The molecule has 0 aliphatic carbocycles. The Balaban J connectivity index is 2.35. The summed E-state index contributed by atoms with van der Waals surface area (Å²) < 4.78 is 1.71. The average Bonchev–Trinajstić information content (AvgIpc) is 2.71. The zero-order valence-electron chi connectivity index (χ0n) is 8.52. The van der Waals surface area contributed by atoms with Crippen molar-refractivity contribution >= 4 is 5.91 Å². The summed E-state index contributed by atoms with van der Waals surface area (Å²) in [5, 5.41) is 10.4. The van der Waals surface area contributed by atoms with Crippen LogP contribution in [0.4, 0.5) is 0 Å². The second kappa shape index (κ2) is 6.10. The highest BCUT2D eigenvalue weighted by atomic mass is 16.1. The zero-order chi connectivity index (χ0) is 11.1. The minimum Gasteiger partial charge on any atom is -0.349 e. The van der Waals surface area contributed by atoms with E-state index in [9.17, 15) is 4.79 Å². The molecule has 1 heterocycles. The lowest BCUT2D eigenvalue weighted by molar-refractivity contribution is -0.119. The van der Waals surface area contributed by atoms with E-state index in [0.29, 0.717) is 18.8 Å². The number of rotatable bonds is 6. The Hall–Kier alpha value is -1.47. The highest BCUT2D eigenvalue weighted by Crippen LogP contribution is 1.93. The molecule has 1 aromatic heterocycles. The maximum atomic E-state index is 10.9. The second-order valence-corrected chi connectivity index (χ2v) is 3.10. The molecule has 0 saturated carbocycles. The number of hydrogen-bond acceptors (Lipinski definition) is 5. The summed E-state index contributed by atoms with van der Waals surface area (Å²) in [5.41, 5.74) is 11.2. The highest BCUT2D eigenvalue weighted by molar-refractivity contribution is 5.77. The molecule has 7 nitrogen and oxygen atoms in total. The molecule has 5 N–H and O–H groups in total. The van der Waals surface area contributed by atoms with Crippen LogP contribution < -0.4 is 16.8 Å². The number of nitrogens with two attached hydrogens (primary N) is 2. The SMILES string of the molecule is NCCCn1cc(CNC(=O)CN)nn1. The van der Waals surface area contributed by atoms with Gasteiger partial charge in [0.15, 0.2) is 0 Å². The van der Waals surface area contributed by atoms with E-state index in [1.807, 2.05) is 0 Å². The monoisotopic (exact) mass is 212 g/mol. The van der Waals surface area contributed by atoms with Crippen molar-refractivity contribution in [3.05, 3.63) is 11.9 Å². The molecular formula is C8H16N6O. The lowest BCUT2D eigenvalue weighted by Gasteiger charge is -1.98. The maximum absolute atomic E-state index is 10.9. The van der Waals surface area contributed by atoms with Gasteiger partial charge >= 0.3 is 0 Å². The van der Waals surface area contributed by atoms with Crippen LogP contribution in [0.15, 0.2) is 6.20 Å². The summed E-state index contributed by atoms with van der Waals surface area (Å²) >= 11 is 0. The molecule has 1 aromatic rings. The largest absolute Gasteiger partial charge is 0.349 e. The van der Waals surface area contributed by atoms with Gasteiger partial charge in [0.25, 0.3) is 0 Å². The summed E-state index contributed by atoms with van der Waals surface area (Å²) in [7, 11) is 0. The van der Waals surface area contributed by atoms with Crippen molar-refractivity contribution in [3.63, 3.8) is 0 Å². The van der Waals surface area contributed by atoms with Gasteiger partial charge in [-0.15, -0.1) is 5.10 Å². The fourth-order valence-electron chi connectivity index (χ4n) is 1.04. The van der Waals surface area contributed by atoms with Crippen molar-refractivity contribution in [3.8, 4) is 0 Å². The quantitative estimate of drug-likeness (QED) is 0.515. The van der Waals surface area contributed by atoms with Crippen molar-refractivity contribution in [1.29, 1.82) is 0 Å². The van der Waals surface area contributed by atoms with Crippen molar-refractivity contribution in [2.75, 3.05) is 13.1 Å². The Morgan fingerprint density at radius 3 is 3.00 bits per heavy atom. The van der Waals surface area contributed by atoms with Crippen LogP contribution in [0.3, 0.4) is 0 Å². The second-order valence-electron chi connectivity index (χ2n) is 3.10. The van der Waals surface area contributed by atoms with E-state index in [1.165, 1.54) is 0 Å². The molecule has 0 fully saturated rings. The van der Waals surface area contributed by atoms with Crippen LogP contribution in [-0.4, -0.2) is 34.0 Å². The minimum absolute atomic E-state index is 0.0126. The molecule has 0 aliphatic rings. The topological polar surface area (TPSA) is 112 Å². The normalized spacial score (nSPS) is 10.3. The van der Waals surface area contributed by atoms with E-state index >= 15 is 0 Å². The summed E-state index contributed by atoms with van der Waals surface area (Å²) in [4.78, 5) is 10.9. The number of nitrogens with zero attached hydrogens (tertiary/aromatic N) is 3. The van der Waals surface area contributed by atoms with Gasteiger partial charge in [-0.2, -0.15) is 0 Å². The van der Waals surface area contributed by atoms with E-state index in [2.05, 4.69) is 15.6 Å². The molecule has 0 spiro atoms. The average molecular weight is 212 g/mol. The fraction of sp³-hybridized carbons (Fsp3) is 0.625. The van der Waals surface area contributed by atoms with Gasteiger partial charge in [0.2, 0.25) is 5.91 Å². The third-order valence-electron chi connectivity index (χ3n) is 1.83. The van der Waals surface area contributed by atoms with Gasteiger partial charge in [0.1, 0.15) is 5.69 Å². The minimum atomic E-state index is -0.202. The highest BCUT2D eigenvalue weighted by Gasteiger charge is 2.02. The molecule has 0 radical (unpaired) electrons. The molecule has 0 saturated heterocycles. The van der Waals surface area contributed by atoms with E-state index in [1.54, 1.807) is 10.9 Å². The van der Waals surface area contributed by atoms with Gasteiger partial charge in [-0.25, -0.2) is 0 Å². The molecular weight excluding hydrogens is 196 g/mol. The van der Waals surface area contributed by atoms with Gasteiger partial charge in [-0.3, -0.25) is 9.48 Å². The van der Waals surface area contributed by atoms with Crippen LogP contribution in [0, 0.1) is 0 Å². The zero-order valence-corrected chi connectivity index (χ0v) is 8.52. The van der Waals surface area contributed by atoms with Crippen LogP contribution in [-0.2, 0) is 17.9 Å². The summed E-state index contributed by atoms with van der Waals surface area (Å²) in [6.07, 6.45) is 2.64. The molecule has 1 amide bonds. The standard InChI is InChI=1S/C8H16N6O/c9-2-1-3-14-6-7(12-13-14)5-11-8(15)4-10/h6H,1-5,9-10H2,(H,11,15). The van der Waals surface area contributed by atoms with E-state index in [-0.39, 0.29) is 12.5 Å². The van der Waals surface area contributed by atoms with Crippen molar-refractivity contribution in [2.45, 2.75) is 19.5 Å². The lowest BCUT2D eigenvalue weighted by Crippen LogP contribution is -2.29. The Morgan fingerprint density at radius 1 is 1.53 bits per heavy atom. The summed E-state index contributed by atoms with van der Waals surface area (Å²) in [6.45, 7) is 1.72. The van der Waals surface area contributed by atoms with Crippen LogP contribution in [0.1, 0.15) is 12.1 Å². The summed E-state index contributed by atoms with van der Waals surface area (Å²) in [6, 6.07) is 0. The van der Waals surface area contributed by atoms with E-state index in [0.717, 1.165) is 13.0 Å². The van der Waals surface area contributed by atoms with Crippen molar-refractivity contribution < 1.29 is 4.79 Å². The number of carbonyl (C=O) groups is 1. The Labute approximate surface area is 87.8 Å². The van der Waals surface area contributed by atoms with Gasteiger partial charge < -0.3 is 16.8 Å². The van der Waals surface area contributed by atoms with Crippen LogP contribution in [0.5, 0.6) is 0 Å². The number of amides is 1. The van der Waals surface area contributed by atoms with Gasteiger partial charge in [-0.1, -0.05) is 5.21 Å². The predicted octanol–water partition coefficient (Wildman–Crippen LogP) is -1.80. The fourth-order valence-corrected chi connectivity index (χ4v) is 1.04. The predicted molar refractivity (Wildman–Crippen MR) is 54.6 cm³/mol. The lowest BCUT2D eigenvalue weighted by atomic mass is 10.4. The number of hydrogen-bond donors (Lipinski definition) is 3. The first-order chi connectivity index (χ1) is 7.26. The third kappa shape index (κ3) is 4.05. The van der Waals surface area contributed by atoms with Gasteiger partial charge in [0.05, 0.1) is 19.3 Å². The summed E-state index contributed by atoms with van der Waals surface area (Å²) in [5.74, 6) is -0.202. The molecule has 1 rings (SSSR count). The molecule has 0 atom stereocenters.